The Morgan fingerprint density at radius 2 is 2.00 bits per heavy atom. The first-order chi connectivity index (χ1) is 17.1. The Labute approximate surface area is 206 Å². The van der Waals surface area contributed by atoms with Crippen LogP contribution in [0.15, 0.2) is 52.8 Å². The van der Waals surface area contributed by atoms with Crippen molar-refractivity contribution in [3.05, 3.63) is 64.9 Å². The number of halogens is 1. The maximum atomic E-state index is 13.9. The van der Waals surface area contributed by atoms with Crippen molar-refractivity contribution in [3.8, 4) is 11.1 Å². The summed E-state index contributed by atoms with van der Waals surface area (Å²) in [5, 5.41) is 12.4. The van der Waals surface area contributed by atoms with Crippen LogP contribution in [-0.2, 0) is 13.0 Å². The van der Waals surface area contributed by atoms with Gasteiger partial charge in [-0.3, -0.25) is 15.0 Å². The summed E-state index contributed by atoms with van der Waals surface area (Å²) >= 11 is 0. The summed E-state index contributed by atoms with van der Waals surface area (Å²) in [7, 11) is 2.20. The van der Waals surface area contributed by atoms with Crippen molar-refractivity contribution in [2.45, 2.75) is 45.2 Å². The Morgan fingerprint density at radius 3 is 2.77 bits per heavy atom. The largest absolute Gasteiger partial charge is 0.381 e. The maximum Gasteiger partial charge on any atom is 0.123 e. The zero-order valence-corrected chi connectivity index (χ0v) is 20.8. The van der Waals surface area contributed by atoms with Crippen molar-refractivity contribution < 1.29 is 4.39 Å². The Bertz CT molecular complexity index is 1240. The van der Waals surface area contributed by atoms with Gasteiger partial charge in [0.2, 0.25) is 0 Å². The number of benzene rings is 2. The molecule has 1 fully saturated rings. The number of aryl methyl sites for hydroxylation is 1. The number of aromatic amines is 1. The van der Waals surface area contributed by atoms with E-state index in [9.17, 15) is 4.39 Å². The highest BCUT2D eigenvalue weighted by atomic mass is 19.1. The Morgan fingerprint density at radius 1 is 1.17 bits per heavy atom. The third kappa shape index (κ3) is 5.02. The predicted molar refractivity (Wildman–Crippen MR) is 141 cm³/mol. The molecule has 0 atom stereocenters. The molecule has 2 aliphatic heterocycles. The molecule has 2 aromatic carbocycles. The van der Waals surface area contributed by atoms with Crippen molar-refractivity contribution in [1.29, 1.82) is 0 Å². The minimum absolute atomic E-state index is 0.214. The highest BCUT2D eigenvalue weighted by Gasteiger charge is 2.27. The molecule has 0 unspecified atom stereocenters. The highest BCUT2D eigenvalue weighted by Crippen LogP contribution is 2.29. The van der Waals surface area contributed by atoms with Gasteiger partial charge in [0.15, 0.2) is 0 Å². The average Bonchev–Trinajstić information content (AvgIpc) is 3.30. The normalized spacial score (nSPS) is 18.4. The number of likely N-dealkylation sites (tertiary alicyclic amines) is 1. The molecule has 1 saturated heterocycles. The SMILES string of the molecule is C=NC1=C(NCc2n[nH]c3cc(-c4cc(F)ccc4CC)ccc23)CCN(C2CCN(C)CC2)C1. The van der Waals surface area contributed by atoms with Crippen LogP contribution in [0.3, 0.4) is 0 Å². The molecule has 0 amide bonds. The molecule has 2 aliphatic rings. The van der Waals surface area contributed by atoms with Gasteiger partial charge in [0, 0.05) is 36.6 Å². The summed E-state index contributed by atoms with van der Waals surface area (Å²) in [6.07, 6.45) is 4.25. The van der Waals surface area contributed by atoms with E-state index in [4.69, 9.17) is 0 Å². The minimum atomic E-state index is -0.214. The second kappa shape index (κ2) is 10.3. The van der Waals surface area contributed by atoms with Crippen LogP contribution in [0.1, 0.15) is 37.4 Å². The topological polar surface area (TPSA) is 59.6 Å². The van der Waals surface area contributed by atoms with E-state index in [1.54, 1.807) is 6.07 Å². The summed E-state index contributed by atoms with van der Waals surface area (Å²) in [5.41, 5.74) is 7.22. The molecule has 7 heteroatoms. The second-order valence-electron chi connectivity index (χ2n) is 9.78. The van der Waals surface area contributed by atoms with Crippen molar-refractivity contribution >= 4 is 17.6 Å². The number of nitrogens with one attached hydrogen (secondary N) is 2. The molecule has 6 nitrogen and oxygen atoms in total. The van der Waals surface area contributed by atoms with Gasteiger partial charge in [0.05, 0.1) is 23.5 Å². The van der Waals surface area contributed by atoms with E-state index in [-0.39, 0.29) is 5.82 Å². The minimum Gasteiger partial charge on any atom is -0.381 e. The summed E-state index contributed by atoms with van der Waals surface area (Å²) in [6, 6.07) is 11.9. The first-order valence-corrected chi connectivity index (χ1v) is 12.7. The number of piperidine rings is 1. The Kier molecular flexibility index (Phi) is 6.97. The molecular formula is C28H35FN6. The molecule has 0 bridgehead atoms. The molecule has 1 aromatic heterocycles. The summed E-state index contributed by atoms with van der Waals surface area (Å²) in [6.45, 7) is 10.8. The van der Waals surface area contributed by atoms with Crippen LogP contribution >= 0.6 is 0 Å². The molecule has 3 aromatic rings. The lowest BCUT2D eigenvalue weighted by atomic mass is 9.97. The van der Waals surface area contributed by atoms with Gasteiger partial charge in [-0.1, -0.05) is 25.1 Å². The predicted octanol–water partition coefficient (Wildman–Crippen LogP) is 4.73. The summed E-state index contributed by atoms with van der Waals surface area (Å²) in [4.78, 5) is 9.36. The van der Waals surface area contributed by atoms with E-state index in [0.29, 0.717) is 12.6 Å². The highest BCUT2D eigenvalue weighted by molar-refractivity contribution is 5.86. The number of hydrogen-bond donors (Lipinski definition) is 2. The third-order valence-electron chi connectivity index (χ3n) is 7.62. The molecule has 35 heavy (non-hydrogen) atoms. The number of H-pyrrole nitrogens is 1. The van der Waals surface area contributed by atoms with Gasteiger partial charge in [0.1, 0.15) is 5.82 Å². The fourth-order valence-corrected chi connectivity index (χ4v) is 5.47. The van der Waals surface area contributed by atoms with Gasteiger partial charge in [-0.25, -0.2) is 4.39 Å². The molecule has 3 heterocycles. The Hall–Kier alpha value is -3.03. The molecule has 0 spiro atoms. The van der Waals surface area contributed by atoms with E-state index in [0.717, 1.165) is 64.9 Å². The lowest BCUT2D eigenvalue weighted by Crippen LogP contribution is -2.46. The van der Waals surface area contributed by atoms with Crippen molar-refractivity contribution in [2.24, 2.45) is 4.99 Å². The quantitative estimate of drug-likeness (QED) is 0.486. The molecule has 0 saturated carbocycles. The van der Waals surface area contributed by atoms with Crippen molar-refractivity contribution in [1.82, 2.24) is 25.3 Å². The van der Waals surface area contributed by atoms with Crippen LogP contribution in [0.4, 0.5) is 4.39 Å². The van der Waals surface area contributed by atoms with E-state index in [2.05, 4.69) is 69.2 Å². The molecule has 2 N–H and O–H groups in total. The molecule has 0 radical (unpaired) electrons. The maximum absolute atomic E-state index is 13.9. The van der Waals surface area contributed by atoms with Gasteiger partial charge in [-0.05, 0) is 81.0 Å². The van der Waals surface area contributed by atoms with Gasteiger partial charge in [-0.15, -0.1) is 0 Å². The van der Waals surface area contributed by atoms with E-state index >= 15 is 0 Å². The van der Waals surface area contributed by atoms with Gasteiger partial charge in [0.25, 0.3) is 0 Å². The van der Waals surface area contributed by atoms with Crippen LogP contribution in [0.5, 0.6) is 0 Å². The van der Waals surface area contributed by atoms with Crippen LogP contribution in [-0.4, -0.2) is 66.0 Å². The zero-order valence-electron chi connectivity index (χ0n) is 20.8. The standard InChI is InChI=1S/C28H35FN6/c1-4-19-5-7-21(29)16-24(19)20-6-8-23-26(15-20)32-33-27(23)17-31-25-11-14-35(18-28(25)30-2)22-9-12-34(3)13-10-22/h5-8,15-16,22,31H,2,4,9-14,17-18H2,1,3H3,(H,32,33). The van der Waals surface area contributed by atoms with Gasteiger partial charge < -0.3 is 10.2 Å². The summed E-state index contributed by atoms with van der Waals surface area (Å²) < 4.78 is 13.9. The van der Waals surface area contributed by atoms with Crippen LogP contribution < -0.4 is 5.32 Å². The van der Waals surface area contributed by atoms with E-state index in [1.807, 2.05) is 6.07 Å². The van der Waals surface area contributed by atoms with Crippen LogP contribution in [0.2, 0.25) is 0 Å². The van der Waals surface area contributed by atoms with Crippen molar-refractivity contribution in [3.63, 3.8) is 0 Å². The van der Waals surface area contributed by atoms with Gasteiger partial charge in [-0.2, -0.15) is 5.10 Å². The fourth-order valence-electron chi connectivity index (χ4n) is 5.47. The molecule has 0 aliphatic carbocycles. The first kappa shape index (κ1) is 23.7. The second-order valence-corrected chi connectivity index (χ2v) is 9.78. The number of nitrogens with zero attached hydrogens (tertiary/aromatic N) is 4. The summed E-state index contributed by atoms with van der Waals surface area (Å²) in [5.74, 6) is -0.214. The van der Waals surface area contributed by atoms with Crippen molar-refractivity contribution in [2.75, 3.05) is 33.2 Å². The van der Waals surface area contributed by atoms with Crippen LogP contribution in [0, 0.1) is 5.82 Å². The molecular weight excluding hydrogens is 439 g/mol. The number of aromatic nitrogens is 2. The number of rotatable bonds is 7. The fraction of sp³-hybridized carbons (Fsp3) is 0.429. The van der Waals surface area contributed by atoms with E-state index in [1.165, 1.54) is 37.7 Å². The number of hydrogen-bond acceptors (Lipinski definition) is 5. The van der Waals surface area contributed by atoms with Gasteiger partial charge >= 0.3 is 0 Å². The zero-order chi connectivity index (χ0) is 24.4. The monoisotopic (exact) mass is 474 g/mol. The smallest absolute Gasteiger partial charge is 0.123 e. The lowest BCUT2D eigenvalue weighted by molar-refractivity contribution is 0.124. The third-order valence-corrected chi connectivity index (χ3v) is 7.62. The van der Waals surface area contributed by atoms with E-state index < -0.39 is 0 Å². The number of fused-ring (bicyclic) bond motifs is 1. The first-order valence-electron chi connectivity index (χ1n) is 12.7. The van der Waals surface area contributed by atoms with Crippen LogP contribution in [0.25, 0.3) is 22.0 Å². The number of aliphatic imine (C=N–C) groups is 1. The molecule has 5 rings (SSSR count). The average molecular weight is 475 g/mol. The Balaban J connectivity index is 1.30. The lowest BCUT2D eigenvalue weighted by Gasteiger charge is -2.39. The molecule has 184 valence electrons.